The lowest BCUT2D eigenvalue weighted by Gasteiger charge is -2.24. The lowest BCUT2D eigenvalue weighted by molar-refractivity contribution is -0.118. The van der Waals surface area contributed by atoms with Gasteiger partial charge in [-0.2, -0.15) is 0 Å². The van der Waals surface area contributed by atoms with E-state index in [0.29, 0.717) is 16.8 Å². The second kappa shape index (κ2) is 6.19. The zero-order valence-electron chi connectivity index (χ0n) is 12.1. The fraction of sp³-hybridized carbons (Fsp3) is 0.250. The van der Waals surface area contributed by atoms with Gasteiger partial charge in [0.15, 0.2) is 0 Å². The molecule has 0 bridgehead atoms. The van der Waals surface area contributed by atoms with Gasteiger partial charge in [0.1, 0.15) is 0 Å². The van der Waals surface area contributed by atoms with Crippen molar-refractivity contribution < 1.29 is 9.59 Å². The number of allylic oxidation sites excluding steroid dienone is 3. The fourth-order valence-electron chi connectivity index (χ4n) is 1.58. The standard InChI is InChI=1S/C16H20N2O2/c1-11(2)14(19)17-13-8-6-7-9-16(5,10-13)18-15(20)12(3)4/h6-10H,1,3H2,2,4-5H3,(H,17,19)(H,18,20). The number of amides is 2. The van der Waals surface area contributed by atoms with E-state index in [1.165, 1.54) is 0 Å². The highest BCUT2D eigenvalue weighted by molar-refractivity contribution is 5.94. The molecule has 0 aromatic heterocycles. The van der Waals surface area contributed by atoms with Gasteiger partial charge in [-0.05, 0) is 32.9 Å². The topological polar surface area (TPSA) is 58.2 Å². The average molecular weight is 272 g/mol. The van der Waals surface area contributed by atoms with Crippen LogP contribution in [0.2, 0.25) is 0 Å². The quantitative estimate of drug-likeness (QED) is 0.770. The first-order valence-electron chi connectivity index (χ1n) is 6.27. The monoisotopic (exact) mass is 272 g/mol. The second-order valence-corrected chi connectivity index (χ2v) is 5.07. The summed E-state index contributed by atoms with van der Waals surface area (Å²) in [4.78, 5) is 23.4. The average Bonchev–Trinajstić information content (AvgIpc) is 2.50. The van der Waals surface area contributed by atoms with E-state index < -0.39 is 5.54 Å². The highest BCUT2D eigenvalue weighted by Gasteiger charge is 2.22. The molecular weight excluding hydrogens is 252 g/mol. The minimum absolute atomic E-state index is 0.235. The van der Waals surface area contributed by atoms with Crippen LogP contribution in [0, 0.1) is 0 Å². The zero-order chi connectivity index (χ0) is 15.3. The van der Waals surface area contributed by atoms with Gasteiger partial charge in [0.05, 0.1) is 5.54 Å². The molecule has 20 heavy (non-hydrogen) atoms. The summed E-state index contributed by atoms with van der Waals surface area (Å²) in [6.07, 6.45) is 8.98. The lowest BCUT2D eigenvalue weighted by Crippen LogP contribution is -2.43. The summed E-state index contributed by atoms with van der Waals surface area (Å²) in [5.41, 5.74) is 0.756. The number of hydrogen-bond donors (Lipinski definition) is 2. The molecule has 4 heteroatoms. The molecule has 0 fully saturated rings. The molecule has 106 valence electrons. The predicted octanol–water partition coefficient (Wildman–Crippen LogP) is 2.14. The summed E-state index contributed by atoms with van der Waals surface area (Å²) in [6.45, 7) is 12.3. The van der Waals surface area contributed by atoms with Crippen molar-refractivity contribution in [3.05, 3.63) is 60.4 Å². The van der Waals surface area contributed by atoms with Gasteiger partial charge < -0.3 is 10.6 Å². The Balaban J connectivity index is 2.96. The van der Waals surface area contributed by atoms with Crippen molar-refractivity contribution in [3.8, 4) is 0 Å². The maximum atomic E-state index is 11.8. The number of hydrogen-bond acceptors (Lipinski definition) is 2. The minimum Gasteiger partial charge on any atom is -0.340 e. The molecule has 1 aliphatic carbocycles. The molecule has 1 aliphatic rings. The van der Waals surface area contributed by atoms with Crippen molar-refractivity contribution in [2.45, 2.75) is 26.3 Å². The van der Waals surface area contributed by atoms with Crippen LogP contribution in [0.1, 0.15) is 20.8 Å². The first-order chi connectivity index (χ1) is 9.23. The lowest BCUT2D eigenvalue weighted by atomic mass is 10.00. The van der Waals surface area contributed by atoms with Gasteiger partial charge in [-0.15, -0.1) is 0 Å². The Bertz CT molecular complexity index is 553. The van der Waals surface area contributed by atoms with Gasteiger partial charge in [-0.3, -0.25) is 9.59 Å². The third kappa shape index (κ3) is 4.39. The van der Waals surface area contributed by atoms with Gasteiger partial charge in [0.2, 0.25) is 5.91 Å². The first kappa shape index (κ1) is 15.7. The highest BCUT2D eigenvalue weighted by atomic mass is 16.2. The molecule has 1 rings (SSSR count). The highest BCUT2D eigenvalue weighted by Crippen LogP contribution is 2.15. The van der Waals surface area contributed by atoms with E-state index in [1.807, 2.05) is 19.1 Å². The van der Waals surface area contributed by atoms with Gasteiger partial charge in [-0.25, -0.2) is 0 Å². The van der Waals surface area contributed by atoms with E-state index in [1.54, 1.807) is 32.1 Å². The summed E-state index contributed by atoms with van der Waals surface area (Å²) < 4.78 is 0. The number of carbonyl (C=O) groups is 2. The Kier molecular flexibility index (Phi) is 4.86. The molecule has 0 aromatic rings. The van der Waals surface area contributed by atoms with Crippen LogP contribution in [-0.2, 0) is 9.59 Å². The van der Waals surface area contributed by atoms with Crippen molar-refractivity contribution >= 4 is 11.8 Å². The first-order valence-corrected chi connectivity index (χ1v) is 6.27. The largest absolute Gasteiger partial charge is 0.340 e. The second-order valence-electron chi connectivity index (χ2n) is 5.07. The molecule has 1 atom stereocenters. The van der Waals surface area contributed by atoms with Crippen molar-refractivity contribution in [2.24, 2.45) is 0 Å². The third-order valence-corrected chi connectivity index (χ3v) is 2.70. The molecule has 4 nitrogen and oxygen atoms in total. The van der Waals surface area contributed by atoms with E-state index in [4.69, 9.17) is 0 Å². The van der Waals surface area contributed by atoms with Crippen molar-refractivity contribution in [1.29, 1.82) is 0 Å². The molecule has 0 aliphatic heterocycles. The van der Waals surface area contributed by atoms with E-state index >= 15 is 0 Å². The summed E-state index contributed by atoms with van der Waals surface area (Å²) in [7, 11) is 0. The SMILES string of the molecule is C=C(C)C(=O)NC1=CC(C)(NC(=O)C(=C)C)C=CC=C1. The normalized spacial score (nSPS) is 20.6. The Morgan fingerprint density at radius 3 is 2.25 bits per heavy atom. The molecule has 1 unspecified atom stereocenters. The molecule has 2 amide bonds. The molecule has 0 heterocycles. The number of nitrogens with one attached hydrogen (secondary N) is 2. The van der Waals surface area contributed by atoms with E-state index in [0.717, 1.165) is 0 Å². The zero-order valence-corrected chi connectivity index (χ0v) is 12.1. The van der Waals surface area contributed by atoms with Crippen LogP contribution in [0.4, 0.5) is 0 Å². The van der Waals surface area contributed by atoms with Gasteiger partial charge >= 0.3 is 0 Å². The summed E-state index contributed by atoms with van der Waals surface area (Å²) in [5.74, 6) is -0.489. The third-order valence-electron chi connectivity index (χ3n) is 2.70. The number of rotatable bonds is 4. The molecule has 0 aromatic carbocycles. The molecule has 0 radical (unpaired) electrons. The van der Waals surface area contributed by atoms with Crippen LogP contribution in [0.5, 0.6) is 0 Å². The van der Waals surface area contributed by atoms with Crippen LogP contribution < -0.4 is 10.6 Å². The summed E-state index contributed by atoms with van der Waals surface area (Å²) in [5, 5.41) is 5.59. The molecule has 0 spiro atoms. The van der Waals surface area contributed by atoms with Crippen molar-refractivity contribution in [1.82, 2.24) is 10.6 Å². The van der Waals surface area contributed by atoms with Crippen LogP contribution in [0.3, 0.4) is 0 Å². The Morgan fingerprint density at radius 1 is 1.10 bits per heavy atom. The Hall–Kier alpha value is -2.36. The maximum Gasteiger partial charge on any atom is 0.250 e. The van der Waals surface area contributed by atoms with Gasteiger partial charge in [0, 0.05) is 16.8 Å². The molecule has 2 N–H and O–H groups in total. The van der Waals surface area contributed by atoms with E-state index in [9.17, 15) is 9.59 Å². The van der Waals surface area contributed by atoms with Crippen LogP contribution in [0.25, 0.3) is 0 Å². The van der Waals surface area contributed by atoms with Gasteiger partial charge in [-0.1, -0.05) is 31.4 Å². The molecule has 0 saturated heterocycles. The predicted molar refractivity (Wildman–Crippen MR) is 80.7 cm³/mol. The molecule has 0 saturated carbocycles. The van der Waals surface area contributed by atoms with Crippen LogP contribution >= 0.6 is 0 Å². The minimum atomic E-state index is -0.697. The summed E-state index contributed by atoms with van der Waals surface area (Å²) >= 11 is 0. The van der Waals surface area contributed by atoms with Crippen molar-refractivity contribution in [3.63, 3.8) is 0 Å². The summed E-state index contributed by atoms with van der Waals surface area (Å²) in [6, 6.07) is 0. The van der Waals surface area contributed by atoms with Crippen LogP contribution in [-0.4, -0.2) is 17.4 Å². The Morgan fingerprint density at radius 2 is 1.70 bits per heavy atom. The van der Waals surface area contributed by atoms with E-state index in [-0.39, 0.29) is 11.8 Å². The number of carbonyl (C=O) groups excluding carboxylic acids is 2. The maximum absolute atomic E-state index is 11.8. The Labute approximate surface area is 119 Å². The van der Waals surface area contributed by atoms with Crippen molar-refractivity contribution in [2.75, 3.05) is 0 Å². The van der Waals surface area contributed by atoms with E-state index in [2.05, 4.69) is 23.8 Å². The molecular formula is C16H20N2O2. The smallest absolute Gasteiger partial charge is 0.250 e. The fourth-order valence-corrected chi connectivity index (χ4v) is 1.58. The van der Waals surface area contributed by atoms with Crippen LogP contribution in [0.15, 0.2) is 60.4 Å². The van der Waals surface area contributed by atoms with Gasteiger partial charge in [0.25, 0.3) is 5.91 Å².